The summed E-state index contributed by atoms with van der Waals surface area (Å²) in [6.45, 7) is 4.30. The lowest BCUT2D eigenvalue weighted by molar-refractivity contribution is 0.583. The Balaban J connectivity index is 2.71. The molecule has 1 aromatic rings. The van der Waals surface area contributed by atoms with Crippen molar-refractivity contribution in [3.63, 3.8) is 0 Å². The van der Waals surface area contributed by atoms with Gasteiger partial charge in [-0.3, -0.25) is 0 Å². The lowest BCUT2D eigenvalue weighted by Crippen LogP contribution is -1.99. The van der Waals surface area contributed by atoms with Crippen LogP contribution in [0.15, 0.2) is 18.2 Å². The third kappa shape index (κ3) is 2.72. The average Bonchev–Trinajstić information content (AvgIpc) is 2.07. The summed E-state index contributed by atoms with van der Waals surface area (Å²) in [7, 11) is 0. The Bertz CT molecular complexity index is 281. The molecule has 0 saturated heterocycles. The Morgan fingerprint density at radius 3 is 2.69 bits per heavy atom. The summed E-state index contributed by atoms with van der Waals surface area (Å²) in [5.41, 5.74) is 6.83. The molecule has 2 heteroatoms. The Hall–Kier alpha value is -1.05. The molecule has 2 N–H and O–H groups in total. The molecule has 0 aliphatic rings. The molecular formula is C11H16FN. The number of para-hydroxylation sites is 1. The highest BCUT2D eigenvalue weighted by Crippen LogP contribution is 2.18. The van der Waals surface area contributed by atoms with Crippen molar-refractivity contribution in [1.29, 1.82) is 0 Å². The molecule has 1 rings (SSSR count). The number of benzene rings is 1. The van der Waals surface area contributed by atoms with Crippen molar-refractivity contribution in [2.75, 3.05) is 5.73 Å². The molecule has 1 aromatic carbocycles. The van der Waals surface area contributed by atoms with Gasteiger partial charge in [0, 0.05) is 0 Å². The molecule has 13 heavy (non-hydrogen) atoms. The first-order valence-corrected chi connectivity index (χ1v) is 4.64. The molecular weight excluding hydrogens is 165 g/mol. The molecule has 0 aliphatic heterocycles. The largest absolute Gasteiger partial charge is 0.396 e. The summed E-state index contributed by atoms with van der Waals surface area (Å²) < 4.78 is 13.0. The molecule has 72 valence electrons. The van der Waals surface area contributed by atoms with Gasteiger partial charge in [-0.1, -0.05) is 26.0 Å². The van der Waals surface area contributed by atoms with Gasteiger partial charge in [0.25, 0.3) is 0 Å². The first-order valence-electron chi connectivity index (χ1n) is 4.64. The maximum absolute atomic E-state index is 13.0. The molecule has 0 fully saturated rings. The molecule has 0 saturated carbocycles. The van der Waals surface area contributed by atoms with Gasteiger partial charge in [-0.05, 0) is 30.4 Å². The lowest BCUT2D eigenvalue weighted by Gasteiger charge is -2.07. The van der Waals surface area contributed by atoms with Crippen LogP contribution < -0.4 is 5.73 Å². The van der Waals surface area contributed by atoms with Crippen molar-refractivity contribution in [3.8, 4) is 0 Å². The van der Waals surface area contributed by atoms with Gasteiger partial charge >= 0.3 is 0 Å². The highest BCUT2D eigenvalue weighted by molar-refractivity contribution is 5.47. The van der Waals surface area contributed by atoms with E-state index in [2.05, 4.69) is 13.8 Å². The Morgan fingerprint density at radius 2 is 2.08 bits per heavy atom. The number of nitrogens with two attached hydrogens (primary N) is 1. The van der Waals surface area contributed by atoms with Crippen LogP contribution in [0.3, 0.4) is 0 Å². The van der Waals surface area contributed by atoms with Crippen molar-refractivity contribution in [2.24, 2.45) is 5.92 Å². The maximum atomic E-state index is 13.0. The highest BCUT2D eigenvalue weighted by Gasteiger charge is 2.04. The summed E-state index contributed by atoms with van der Waals surface area (Å²) in [6.07, 6.45) is 1.91. The normalized spacial score (nSPS) is 10.8. The van der Waals surface area contributed by atoms with E-state index in [1.54, 1.807) is 6.07 Å². The summed E-state index contributed by atoms with van der Waals surface area (Å²) >= 11 is 0. The van der Waals surface area contributed by atoms with Crippen LogP contribution in [0.2, 0.25) is 0 Å². The van der Waals surface area contributed by atoms with E-state index in [-0.39, 0.29) is 5.82 Å². The van der Waals surface area contributed by atoms with Gasteiger partial charge in [-0.25, -0.2) is 4.39 Å². The molecule has 0 bridgehead atoms. The third-order valence-electron chi connectivity index (χ3n) is 2.13. The van der Waals surface area contributed by atoms with Crippen LogP contribution in [0.5, 0.6) is 0 Å². The van der Waals surface area contributed by atoms with Crippen molar-refractivity contribution in [3.05, 3.63) is 29.6 Å². The number of nitrogen functional groups attached to an aromatic ring is 1. The van der Waals surface area contributed by atoms with Crippen LogP contribution in [0, 0.1) is 11.7 Å². The lowest BCUT2D eigenvalue weighted by atomic mass is 10.0. The first-order chi connectivity index (χ1) is 6.11. The Kier molecular flexibility index (Phi) is 3.29. The quantitative estimate of drug-likeness (QED) is 0.713. The van der Waals surface area contributed by atoms with Crippen molar-refractivity contribution < 1.29 is 4.39 Å². The summed E-state index contributed by atoms with van der Waals surface area (Å²) in [5, 5.41) is 0. The Labute approximate surface area is 78.8 Å². The minimum atomic E-state index is -0.304. The van der Waals surface area contributed by atoms with Crippen LogP contribution in [-0.4, -0.2) is 0 Å². The second-order valence-electron chi connectivity index (χ2n) is 3.75. The van der Waals surface area contributed by atoms with Crippen LogP contribution in [-0.2, 0) is 6.42 Å². The van der Waals surface area contributed by atoms with Gasteiger partial charge < -0.3 is 5.73 Å². The van der Waals surface area contributed by atoms with Gasteiger partial charge in [0.2, 0.25) is 0 Å². The monoisotopic (exact) mass is 181 g/mol. The molecule has 0 spiro atoms. The van der Waals surface area contributed by atoms with E-state index in [0.717, 1.165) is 18.4 Å². The number of hydrogen-bond acceptors (Lipinski definition) is 1. The van der Waals surface area contributed by atoms with Crippen molar-refractivity contribution in [2.45, 2.75) is 26.7 Å². The van der Waals surface area contributed by atoms with E-state index < -0.39 is 0 Å². The van der Waals surface area contributed by atoms with Crippen LogP contribution >= 0.6 is 0 Å². The van der Waals surface area contributed by atoms with E-state index in [1.165, 1.54) is 6.07 Å². The van der Waals surface area contributed by atoms with Crippen LogP contribution in [0.4, 0.5) is 10.1 Å². The second kappa shape index (κ2) is 4.26. The van der Waals surface area contributed by atoms with Crippen molar-refractivity contribution in [1.82, 2.24) is 0 Å². The summed E-state index contributed by atoms with van der Waals surface area (Å²) in [4.78, 5) is 0. The van der Waals surface area contributed by atoms with E-state index in [1.807, 2.05) is 6.07 Å². The molecule has 0 amide bonds. The van der Waals surface area contributed by atoms with Crippen molar-refractivity contribution >= 4 is 5.69 Å². The molecule has 0 heterocycles. The minimum Gasteiger partial charge on any atom is -0.396 e. The molecule has 0 unspecified atom stereocenters. The van der Waals surface area contributed by atoms with Gasteiger partial charge in [-0.2, -0.15) is 0 Å². The van der Waals surface area contributed by atoms with E-state index >= 15 is 0 Å². The van der Waals surface area contributed by atoms with Crippen LogP contribution in [0.1, 0.15) is 25.8 Å². The van der Waals surface area contributed by atoms with E-state index in [4.69, 9.17) is 5.73 Å². The molecule has 0 radical (unpaired) electrons. The van der Waals surface area contributed by atoms with Gasteiger partial charge in [-0.15, -0.1) is 0 Å². The number of aryl methyl sites for hydroxylation is 1. The number of hydrogen-bond donors (Lipinski definition) is 1. The predicted molar refractivity (Wildman–Crippen MR) is 54.0 cm³/mol. The minimum absolute atomic E-state index is 0.304. The number of halogens is 1. The van der Waals surface area contributed by atoms with Crippen LogP contribution in [0.25, 0.3) is 0 Å². The standard InChI is InChI=1S/C11H16FN/c1-8(2)6-7-9-4-3-5-10(12)11(9)13/h3-5,8H,6-7,13H2,1-2H3. The highest BCUT2D eigenvalue weighted by atomic mass is 19.1. The summed E-state index contributed by atoms with van der Waals surface area (Å²) in [6, 6.07) is 5.00. The third-order valence-corrected chi connectivity index (χ3v) is 2.13. The van der Waals surface area contributed by atoms with Gasteiger partial charge in [0.15, 0.2) is 0 Å². The smallest absolute Gasteiger partial charge is 0.146 e. The Morgan fingerprint density at radius 1 is 1.38 bits per heavy atom. The topological polar surface area (TPSA) is 26.0 Å². The molecule has 1 nitrogen and oxygen atoms in total. The number of anilines is 1. The van der Waals surface area contributed by atoms with E-state index in [9.17, 15) is 4.39 Å². The average molecular weight is 181 g/mol. The molecule has 0 atom stereocenters. The fourth-order valence-corrected chi connectivity index (χ4v) is 1.24. The number of rotatable bonds is 3. The van der Waals surface area contributed by atoms with E-state index in [0.29, 0.717) is 11.6 Å². The SMILES string of the molecule is CC(C)CCc1cccc(F)c1N. The fourth-order valence-electron chi connectivity index (χ4n) is 1.24. The molecule has 0 aliphatic carbocycles. The maximum Gasteiger partial charge on any atom is 0.146 e. The summed E-state index contributed by atoms with van der Waals surface area (Å²) in [5.74, 6) is 0.323. The molecule has 0 aromatic heterocycles. The second-order valence-corrected chi connectivity index (χ2v) is 3.75. The van der Waals surface area contributed by atoms with Gasteiger partial charge in [0.1, 0.15) is 5.82 Å². The zero-order valence-corrected chi connectivity index (χ0v) is 8.18. The first kappa shape index (κ1) is 10.0. The predicted octanol–water partition coefficient (Wildman–Crippen LogP) is 3.00. The zero-order chi connectivity index (χ0) is 9.84. The van der Waals surface area contributed by atoms with Gasteiger partial charge in [0.05, 0.1) is 5.69 Å². The zero-order valence-electron chi connectivity index (χ0n) is 8.18. The fraction of sp³-hybridized carbons (Fsp3) is 0.455.